The lowest BCUT2D eigenvalue weighted by Crippen LogP contribution is -2.29. The van der Waals surface area contributed by atoms with Crippen molar-refractivity contribution in [2.75, 3.05) is 20.2 Å². The van der Waals surface area contributed by atoms with Crippen molar-refractivity contribution in [1.82, 2.24) is 20.3 Å². The summed E-state index contributed by atoms with van der Waals surface area (Å²) in [6.07, 6.45) is 1.56. The van der Waals surface area contributed by atoms with Crippen molar-refractivity contribution < 1.29 is 19.4 Å². The van der Waals surface area contributed by atoms with Crippen molar-refractivity contribution in [3.63, 3.8) is 0 Å². The van der Waals surface area contributed by atoms with Gasteiger partial charge >= 0.3 is 5.97 Å². The van der Waals surface area contributed by atoms with Crippen LogP contribution in [0.4, 0.5) is 0 Å². The number of nitrogens with one attached hydrogen (secondary N) is 1. The van der Waals surface area contributed by atoms with Crippen LogP contribution in [0, 0.1) is 12.8 Å². The summed E-state index contributed by atoms with van der Waals surface area (Å²) in [5, 5.41) is 19.6. The summed E-state index contributed by atoms with van der Waals surface area (Å²) in [5.41, 5.74) is 2.15. The third-order valence-electron chi connectivity index (χ3n) is 4.57. The molecule has 2 heterocycles. The lowest BCUT2D eigenvalue weighted by molar-refractivity contribution is -0.138. The Morgan fingerprint density at radius 1 is 1.40 bits per heavy atom. The Labute approximate surface area is 144 Å². The Morgan fingerprint density at radius 2 is 2.20 bits per heavy atom. The largest absolute Gasteiger partial charge is 0.496 e. The van der Waals surface area contributed by atoms with Gasteiger partial charge in [0.25, 0.3) is 5.91 Å². The Hall–Kier alpha value is -2.90. The number of ether oxygens (including phenoxy) is 1. The van der Waals surface area contributed by atoms with E-state index in [0.29, 0.717) is 30.1 Å². The maximum Gasteiger partial charge on any atom is 0.303 e. The van der Waals surface area contributed by atoms with E-state index in [1.165, 1.54) is 7.11 Å². The summed E-state index contributed by atoms with van der Waals surface area (Å²) in [5.74, 6) is -0.901. The maximum atomic E-state index is 12.9. The second-order valence-electron chi connectivity index (χ2n) is 6.27. The number of hydrogen-bond acceptors (Lipinski definition) is 5. The smallest absolute Gasteiger partial charge is 0.303 e. The normalized spacial score (nSPS) is 19.8. The van der Waals surface area contributed by atoms with E-state index < -0.39 is 5.97 Å². The van der Waals surface area contributed by atoms with E-state index in [-0.39, 0.29) is 24.2 Å². The van der Waals surface area contributed by atoms with Gasteiger partial charge in [0.15, 0.2) is 0 Å². The lowest BCUT2D eigenvalue weighted by atomic mass is 9.91. The highest BCUT2D eigenvalue weighted by Crippen LogP contribution is 2.35. The summed E-state index contributed by atoms with van der Waals surface area (Å²) in [6.45, 7) is 2.69. The molecule has 0 radical (unpaired) electrons. The first kappa shape index (κ1) is 16.9. The zero-order valence-corrected chi connectivity index (χ0v) is 14.1. The first-order valence-electron chi connectivity index (χ1n) is 8.01. The van der Waals surface area contributed by atoms with Crippen LogP contribution in [0.3, 0.4) is 0 Å². The van der Waals surface area contributed by atoms with Crippen molar-refractivity contribution in [2.24, 2.45) is 5.92 Å². The predicted molar refractivity (Wildman–Crippen MR) is 88.5 cm³/mol. The molecule has 0 spiro atoms. The standard InChI is InChI=1S/C17H20N4O4/c1-10-3-4-12(15(5-10)25-2)17(24)21-8-11(6-16(22)23)13(9-21)14-7-18-20-19-14/h3-5,7,11,13H,6,8-9H2,1-2H3,(H,22,23)(H,18,19,20)/t11-,13+/m0/s1. The second kappa shape index (κ2) is 6.92. The number of carbonyl (C=O) groups is 2. The van der Waals surface area contributed by atoms with Gasteiger partial charge in [-0.3, -0.25) is 9.59 Å². The number of aromatic nitrogens is 3. The molecule has 132 valence electrons. The Balaban J connectivity index is 1.85. The van der Waals surface area contributed by atoms with Crippen LogP contribution < -0.4 is 4.74 Å². The number of amides is 1. The molecule has 0 bridgehead atoms. The topological polar surface area (TPSA) is 108 Å². The number of carboxylic acids is 1. The molecule has 1 amide bonds. The summed E-state index contributed by atoms with van der Waals surface area (Å²) in [4.78, 5) is 25.8. The zero-order valence-electron chi connectivity index (χ0n) is 14.1. The molecule has 1 aromatic carbocycles. The number of benzene rings is 1. The highest BCUT2D eigenvalue weighted by atomic mass is 16.5. The number of rotatable bonds is 5. The number of aryl methyl sites for hydroxylation is 1. The van der Waals surface area contributed by atoms with Crippen LogP contribution in [0.15, 0.2) is 24.4 Å². The monoisotopic (exact) mass is 344 g/mol. The van der Waals surface area contributed by atoms with Crippen molar-refractivity contribution >= 4 is 11.9 Å². The van der Waals surface area contributed by atoms with Gasteiger partial charge in [-0.25, -0.2) is 0 Å². The van der Waals surface area contributed by atoms with E-state index in [0.717, 1.165) is 5.56 Å². The summed E-state index contributed by atoms with van der Waals surface area (Å²) in [6, 6.07) is 5.41. The number of carbonyl (C=O) groups excluding carboxylic acids is 1. The van der Waals surface area contributed by atoms with Gasteiger partial charge < -0.3 is 14.7 Å². The minimum atomic E-state index is -0.888. The van der Waals surface area contributed by atoms with Gasteiger partial charge in [-0.1, -0.05) is 6.07 Å². The Morgan fingerprint density at radius 3 is 2.84 bits per heavy atom. The van der Waals surface area contributed by atoms with Crippen LogP contribution in [-0.2, 0) is 4.79 Å². The average molecular weight is 344 g/mol. The molecule has 25 heavy (non-hydrogen) atoms. The molecule has 0 saturated carbocycles. The van der Waals surface area contributed by atoms with Crippen LogP contribution in [0.1, 0.15) is 34.0 Å². The molecule has 1 saturated heterocycles. The minimum Gasteiger partial charge on any atom is -0.496 e. The molecule has 1 aliphatic heterocycles. The van der Waals surface area contributed by atoms with E-state index in [2.05, 4.69) is 15.4 Å². The van der Waals surface area contributed by atoms with Gasteiger partial charge in [0.1, 0.15) is 5.75 Å². The molecule has 1 aromatic heterocycles. The van der Waals surface area contributed by atoms with Gasteiger partial charge in [-0.2, -0.15) is 15.4 Å². The van der Waals surface area contributed by atoms with Crippen molar-refractivity contribution in [1.29, 1.82) is 0 Å². The lowest BCUT2D eigenvalue weighted by Gasteiger charge is -2.18. The van der Waals surface area contributed by atoms with Crippen LogP contribution in [-0.4, -0.2) is 57.5 Å². The minimum absolute atomic E-state index is 0.0215. The summed E-state index contributed by atoms with van der Waals surface area (Å²) < 4.78 is 5.33. The molecule has 2 aromatic rings. The number of likely N-dealkylation sites (tertiary alicyclic amines) is 1. The molecule has 0 unspecified atom stereocenters. The van der Waals surface area contributed by atoms with Gasteiger partial charge in [0.2, 0.25) is 0 Å². The summed E-state index contributed by atoms with van der Waals surface area (Å²) >= 11 is 0. The van der Waals surface area contributed by atoms with E-state index in [9.17, 15) is 14.7 Å². The molecule has 2 atom stereocenters. The molecule has 8 nitrogen and oxygen atoms in total. The first-order chi connectivity index (χ1) is 12.0. The molecule has 3 rings (SSSR count). The molecule has 1 aliphatic rings. The zero-order chi connectivity index (χ0) is 18.0. The third kappa shape index (κ3) is 3.47. The van der Waals surface area contributed by atoms with Gasteiger partial charge in [-0.15, -0.1) is 0 Å². The number of H-pyrrole nitrogens is 1. The molecular weight excluding hydrogens is 324 g/mol. The van der Waals surface area contributed by atoms with Crippen LogP contribution in [0.5, 0.6) is 5.75 Å². The van der Waals surface area contributed by atoms with E-state index >= 15 is 0 Å². The fraction of sp³-hybridized carbons (Fsp3) is 0.412. The highest BCUT2D eigenvalue weighted by molar-refractivity contribution is 5.97. The van der Waals surface area contributed by atoms with Crippen molar-refractivity contribution in [3.8, 4) is 5.75 Å². The fourth-order valence-corrected chi connectivity index (χ4v) is 3.34. The van der Waals surface area contributed by atoms with Crippen LogP contribution in [0.25, 0.3) is 0 Å². The van der Waals surface area contributed by atoms with Crippen molar-refractivity contribution in [3.05, 3.63) is 41.2 Å². The van der Waals surface area contributed by atoms with Gasteiger partial charge in [0, 0.05) is 19.0 Å². The number of methoxy groups -OCH3 is 1. The molecule has 0 aliphatic carbocycles. The first-order valence-corrected chi connectivity index (χ1v) is 8.01. The number of aliphatic carboxylic acids is 1. The van der Waals surface area contributed by atoms with Gasteiger partial charge in [-0.05, 0) is 30.5 Å². The average Bonchev–Trinajstić information content (AvgIpc) is 3.23. The fourth-order valence-electron chi connectivity index (χ4n) is 3.34. The number of aromatic amines is 1. The third-order valence-corrected chi connectivity index (χ3v) is 4.57. The Bertz CT molecular complexity index is 775. The number of carboxylic acid groups (broad SMARTS) is 1. The number of nitrogens with zero attached hydrogens (tertiary/aromatic N) is 3. The second-order valence-corrected chi connectivity index (χ2v) is 6.27. The quantitative estimate of drug-likeness (QED) is 0.850. The van der Waals surface area contributed by atoms with Crippen LogP contribution in [0.2, 0.25) is 0 Å². The predicted octanol–water partition coefficient (Wildman–Crippen LogP) is 1.45. The molecule has 1 fully saturated rings. The van der Waals surface area contributed by atoms with E-state index in [1.807, 2.05) is 19.1 Å². The Kier molecular flexibility index (Phi) is 4.69. The van der Waals surface area contributed by atoms with Gasteiger partial charge in [0.05, 0.1) is 31.0 Å². The highest BCUT2D eigenvalue weighted by Gasteiger charge is 2.39. The number of hydrogen-bond donors (Lipinski definition) is 2. The molecule has 8 heteroatoms. The van der Waals surface area contributed by atoms with Crippen molar-refractivity contribution in [2.45, 2.75) is 19.3 Å². The molecular formula is C17H20N4O4. The SMILES string of the molecule is COc1cc(C)ccc1C(=O)N1C[C@H](CC(=O)O)[C@H](c2cn[nH]n2)C1. The van der Waals surface area contributed by atoms with E-state index in [4.69, 9.17) is 4.74 Å². The molecule has 2 N–H and O–H groups in total. The van der Waals surface area contributed by atoms with Crippen LogP contribution >= 0.6 is 0 Å². The van der Waals surface area contributed by atoms with E-state index in [1.54, 1.807) is 17.2 Å². The maximum absolute atomic E-state index is 12.9. The summed E-state index contributed by atoms with van der Waals surface area (Å²) in [7, 11) is 1.53.